The van der Waals surface area contributed by atoms with E-state index in [-0.39, 0.29) is 0 Å². The summed E-state index contributed by atoms with van der Waals surface area (Å²) in [5.41, 5.74) is 3.33. The molecule has 1 atom stereocenters. The molecular weight excluding hydrogens is 252 g/mol. The van der Waals surface area contributed by atoms with E-state index in [2.05, 4.69) is 48.5 Å². The molecule has 2 aliphatic carbocycles. The van der Waals surface area contributed by atoms with Gasteiger partial charge in [0.25, 0.3) is 0 Å². The van der Waals surface area contributed by atoms with Gasteiger partial charge in [0.05, 0.1) is 0 Å². The molecule has 0 bridgehead atoms. The topological polar surface area (TPSA) is 0 Å². The van der Waals surface area contributed by atoms with Crippen LogP contribution in [0.5, 0.6) is 0 Å². The third kappa shape index (κ3) is 1.75. The predicted octanol–water partition coefficient (Wildman–Crippen LogP) is 5.82. The molecule has 3 aromatic rings. The fourth-order valence-corrected chi connectivity index (χ4v) is 4.44. The first kappa shape index (κ1) is 11.8. The first-order valence-corrected chi connectivity index (χ1v) is 8.35. The maximum absolute atomic E-state index is 2.42. The lowest BCUT2D eigenvalue weighted by Crippen LogP contribution is -2.12. The van der Waals surface area contributed by atoms with Crippen LogP contribution in [0.2, 0.25) is 0 Å². The van der Waals surface area contributed by atoms with Crippen LogP contribution in [0, 0.1) is 5.92 Å². The number of hydrogen-bond donors (Lipinski definition) is 0. The zero-order chi connectivity index (χ0) is 13.8. The van der Waals surface area contributed by atoms with E-state index >= 15 is 0 Å². The summed E-state index contributed by atoms with van der Waals surface area (Å²) >= 11 is 0. The highest BCUT2D eigenvalue weighted by Crippen LogP contribution is 2.50. The summed E-state index contributed by atoms with van der Waals surface area (Å²) in [7, 11) is 0. The predicted molar refractivity (Wildman–Crippen MR) is 89.9 cm³/mol. The van der Waals surface area contributed by atoms with Gasteiger partial charge in [0, 0.05) is 0 Å². The molecular formula is C21H20. The van der Waals surface area contributed by atoms with Crippen molar-refractivity contribution in [3.05, 3.63) is 59.7 Å². The molecule has 0 aromatic heterocycles. The molecule has 104 valence electrons. The van der Waals surface area contributed by atoms with Crippen LogP contribution in [-0.2, 0) is 6.42 Å². The van der Waals surface area contributed by atoms with E-state index in [0.29, 0.717) is 0 Å². The van der Waals surface area contributed by atoms with Gasteiger partial charge in [-0.25, -0.2) is 0 Å². The van der Waals surface area contributed by atoms with E-state index in [9.17, 15) is 0 Å². The Bertz CT molecular complexity index is 839. The van der Waals surface area contributed by atoms with Crippen molar-refractivity contribution >= 4 is 21.5 Å². The number of fused-ring (bicyclic) bond motifs is 5. The first-order chi connectivity index (χ1) is 10.4. The Labute approximate surface area is 125 Å². The summed E-state index contributed by atoms with van der Waals surface area (Å²) in [4.78, 5) is 0. The van der Waals surface area contributed by atoms with Gasteiger partial charge in [-0.1, -0.05) is 48.5 Å². The average molecular weight is 272 g/mol. The number of rotatable bonds is 1. The van der Waals surface area contributed by atoms with Gasteiger partial charge in [-0.15, -0.1) is 0 Å². The van der Waals surface area contributed by atoms with E-state index in [1.807, 2.05) is 0 Å². The fraction of sp³-hybridized carbons (Fsp3) is 0.333. The third-order valence-corrected chi connectivity index (χ3v) is 5.58. The molecule has 1 fully saturated rings. The highest BCUT2D eigenvalue weighted by Gasteiger charge is 2.35. The molecule has 21 heavy (non-hydrogen) atoms. The van der Waals surface area contributed by atoms with Crippen LogP contribution in [0.1, 0.15) is 42.7 Å². The summed E-state index contributed by atoms with van der Waals surface area (Å²) in [6, 6.07) is 18.3. The molecule has 0 N–H and O–H groups in total. The average Bonchev–Trinajstić information content (AvgIpc) is 3.38. The van der Waals surface area contributed by atoms with Crippen LogP contribution < -0.4 is 0 Å². The van der Waals surface area contributed by atoms with E-state index < -0.39 is 0 Å². The Hall–Kier alpha value is -1.82. The van der Waals surface area contributed by atoms with Crippen molar-refractivity contribution in [3.63, 3.8) is 0 Å². The molecule has 0 heterocycles. The zero-order valence-corrected chi connectivity index (χ0v) is 12.3. The van der Waals surface area contributed by atoms with Crippen molar-refractivity contribution < 1.29 is 0 Å². The minimum atomic E-state index is 0.832. The van der Waals surface area contributed by atoms with Crippen molar-refractivity contribution in [2.45, 2.75) is 38.0 Å². The molecule has 1 saturated carbocycles. The van der Waals surface area contributed by atoms with Crippen molar-refractivity contribution in [2.75, 3.05) is 0 Å². The molecule has 5 rings (SSSR count). The van der Waals surface area contributed by atoms with Gasteiger partial charge < -0.3 is 0 Å². The maximum Gasteiger partial charge on any atom is -0.0102 e. The van der Waals surface area contributed by atoms with Gasteiger partial charge in [-0.3, -0.25) is 0 Å². The molecule has 0 aliphatic heterocycles. The van der Waals surface area contributed by atoms with Crippen LogP contribution in [0.15, 0.2) is 48.5 Å². The normalized spacial score (nSPS) is 21.6. The van der Waals surface area contributed by atoms with Crippen LogP contribution in [0.3, 0.4) is 0 Å². The summed E-state index contributed by atoms with van der Waals surface area (Å²) in [5.74, 6) is 1.81. The summed E-state index contributed by atoms with van der Waals surface area (Å²) < 4.78 is 0. The largest absolute Gasteiger partial charge is 0.0616 e. The Morgan fingerprint density at radius 1 is 0.714 bits per heavy atom. The van der Waals surface area contributed by atoms with Gasteiger partial charge in [0.2, 0.25) is 0 Å². The SMILES string of the molecule is c1ccc2c(c1)ccc1c3c(ccc12)CCCC3C1CC1. The Kier molecular flexibility index (Phi) is 2.44. The Morgan fingerprint density at radius 2 is 1.57 bits per heavy atom. The molecule has 0 spiro atoms. The number of hydrogen-bond acceptors (Lipinski definition) is 0. The fourth-order valence-electron chi connectivity index (χ4n) is 4.44. The van der Waals surface area contributed by atoms with Gasteiger partial charge in [-0.05, 0) is 76.6 Å². The lowest BCUT2D eigenvalue weighted by atomic mass is 9.77. The second-order valence-electron chi connectivity index (χ2n) is 6.86. The van der Waals surface area contributed by atoms with Gasteiger partial charge in [0.1, 0.15) is 0 Å². The van der Waals surface area contributed by atoms with E-state index in [0.717, 1.165) is 11.8 Å². The first-order valence-electron chi connectivity index (χ1n) is 8.35. The monoisotopic (exact) mass is 272 g/mol. The second-order valence-corrected chi connectivity index (χ2v) is 6.86. The quantitative estimate of drug-likeness (QED) is 0.489. The Morgan fingerprint density at radius 3 is 2.48 bits per heavy atom. The van der Waals surface area contributed by atoms with Crippen molar-refractivity contribution in [1.82, 2.24) is 0 Å². The standard InChI is InChI=1S/C21H20/c1-2-6-17-14(4-1)10-13-20-19(17)12-11-16-5-3-7-18(21(16)20)15-8-9-15/h1-2,4,6,10-13,15,18H,3,5,7-9H2. The van der Waals surface area contributed by atoms with E-state index in [1.54, 1.807) is 11.1 Å². The van der Waals surface area contributed by atoms with Gasteiger partial charge in [0.15, 0.2) is 0 Å². The molecule has 0 heteroatoms. The molecule has 1 unspecified atom stereocenters. The van der Waals surface area contributed by atoms with Crippen molar-refractivity contribution in [1.29, 1.82) is 0 Å². The lowest BCUT2D eigenvalue weighted by molar-refractivity contribution is 0.507. The molecule has 2 aliphatic rings. The second kappa shape index (κ2) is 4.34. The van der Waals surface area contributed by atoms with E-state index in [4.69, 9.17) is 0 Å². The van der Waals surface area contributed by atoms with Crippen LogP contribution in [0.4, 0.5) is 0 Å². The third-order valence-electron chi connectivity index (χ3n) is 5.58. The lowest BCUT2D eigenvalue weighted by Gasteiger charge is -2.27. The van der Waals surface area contributed by atoms with Crippen molar-refractivity contribution in [3.8, 4) is 0 Å². The summed E-state index contributed by atoms with van der Waals surface area (Å²) in [5, 5.41) is 5.77. The smallest absolute Gasteiger partial charge is 0.0102 e. The number of aryl methyl sites for hydroxylation is 1. The highest BCUT2D eigenvalue weighted by atomic mass is 14.4. The highest BCUT2D eigenvalue weighted by molar-refractivity contribution is 6.08. The molecule has 0 radical (unpaired) electrons. The minimum absolute atomic E-state index is 0.832. The number of benzene rings is 3. The van der Waals surface area contributed by atoms with Crippen molar-refractivity contribution in [2.24, 2.45) is 5.92 Å². The van der Waals surface area contributed by atoms with Gasteiger partial charge in [-0.2, -0.15) is 0 Å². The van der Waals surface area contributed by atoms with Crippen LogP contribution in [-0.4, -0.2) is 0 Å². The summed E-state index contributed by atoms with van der Waals surface area (Å²) in [6.45, 7) is 0. The summed E-state index contributed by atoms with van der Waals surface area (Å²) in [6.07, 6.45) is 6.97. The van der Waals surface area contributed by atoms with Gasteiger partial charge >= 0.3 is 0 Å². The van der Waals surface area contributed by atoms with Crippen LogP contribution >= 0.6 is 0 Å². The minimum Gasteiger partial charge on any atom is -0.0616 e. The zero-order valence-electron chi connectivity index (χ0n) is 12.3. The molecule has 3 aromatic carbocycles. The Balaban J connectivity index is 1.86. The maximum atomic E-state index is 2.42. The molecule has 0 amide bonds. The molecule has 0 saturated heterocycles. The molecule has 0 nitrogen and oxygen atoms in total. The van der Waals surface area contributed by atoms with Crippen LogP contribution in [0.25, 0.3) is 21.5 Å². The van der Waals surface area contributed by atoms with E-state index in [1.165, 1.54) is 53.6 Å².